The Labute approximate surface area is 113 Å². The molecule has 0 spiro atoms. The number of hydrogen-bond acceptors (Lipinski definition) is 4. The van der Waals surface area contributed by atoms with Crippen LogP contribution < -0.4 is 10.6 Å². The first-order valence-electron chi connectivity index (χ1n) is 6.68. The van der Waals surface area contributed by atoms with Crippen LogP contribution in [0.3, 0.4) is 0 Å². The zero-order chi connectivity index (χ0) is 12.4. The lowest BCUT2D eigenvalue weighted by molar-refractivity contribution is 0.0682. The van der Waals surface area contributed by atoms with E-state index in [9.17, 15) is 0 Å². The summed E-state index contributed by atoms with van der Waals surface area (Å²) in [6.07, 6.45) is 2.39. The zero-order valence-corrected chi connectivity index (χ0v) is 11.4. The molecule has 18 heavy (non-hydrogen) atoms. The minimum Gasteiger partial charge on any atom is -0.399 e. The molecule has 2 aliphatic heterocycles. The van der Waals surface area contributed by atoms with Crippen molar-refractivity contribution in [1.29, 1.82) is 0 Å². The van der Waals surface area contributed by atoms with E-state index in [-0.39, 0.29) is 0 Å². The number of nitrogens with two attached hydrogens (primary N) is 1. The predicted octanol–water partition coefficient (Wildman–Crippen LogP) is 2.61. The van der Waals surface area contributed by atoms with Crippen molar-refractivity contribution < 1.29 is 4.74 Å². The van der Waals surface area contributed by atoms with Crippen LogP contribution in [0.4, 0.5) is 11.4 Å². The minimum atomic E-state index is 0.774. The fourth-order valence-electron chi connectivity index (χ4n) is 2.72. The van der Waals surface area contributed by atoms with Gasteiger partial charge in [-0.3, -0.25) is 0 Å². The zero-order valence-electron chi connectivity index (χ0n) is 10.6. The summed E-state index contributed by atoms with van der Waals surface area (Å²) in [4.78, 5) is 3.89. The average molecular weight is 264 g/mol. The number of hydrogen-bond donors (Lipinski definition) is 1. The largest absolute Gasteiger partial charge is 0.399 e. The van der Waals surface area contributed by atoms with Gasteiger partial charge in [-0.15, -0.1) is 11.8 Å². The minimum absolute atomic E-state index is 0.774. The number of fused-ring (bicyclic) bond motifs is 1. The third kappa shape index (κ3) is 2.59. The monoisotopic (exact) mass is 264 g/mol. The maximum absolute atomic E-state index is 5.92. The van der Waals surface area contributed by atoms with Gasteiger partial charge in [0.25, 0.3) is 0 Å². The molecule has 2 N–H and O–H groups in total. The third-order valence-corrected chi connectivity index (χ3v) is 4.80. The molecule has 2 heterocycles. The molecule has 0 amide bonds. The smallest absolute Gasteiger partial charge is 0.0525 e. The van der Waals surface area contributed by atoms with Crippen LogP contribution in [0.1, 0.15) is 12.8 Å². The number of nitrogen functional groups attached to an aromatic ring is 1. The molecule has 0 saturated carbocycles. The van der Waals surface area contributed by atoms with E-state index in [1.807, 2.05) is 17.8 Å². The highest BCUT2D eigenvalue weighted by Gasteiger charge is 2.22. The molecule has 0 bridgehead atoms. The fourth-order valence-corrected chi connectivity index (χ4v) is 3.75. The molecule has 0 radical (unpaired) electrons. The van der Waals surface area contributed by atoms with E-state index in [0.717, 1.165) is 37.9 Å². The van der Waals surface area contributed by atoms with Crippen LogP contribution in [0.15, 0.2) is 23.1 Å². The van der Waals surface area contributed by atoms with Crippen molar-refractivity contribution in [2.24, 2.45) is 5.92 Å². The van der Waals surface area contributed by atoms with Crippen molar-refractivity contribution in [2.75, 3.05) is 42.7 Å². The number of thioether (sulfide) groups is 1. The lowest BCUT2D eigenvalue weighted by atomic mass is 9.99. The van der Waals surface area contributed by atoms with Gasteiger partial charge in [-0.05, 0) is 37.0 Å². The fraction of sp³-hybridized carbons (Fsp3) is 0.571. The lowest BCUT2D eigenvalue weighted by Gasteiger charge is -2.35. The first kappa shape index (κ1) is 12.2. The second-order valence-corrected chi connectivity index (χ2v) is 6.21. The SMILES string of the molecule is Nc1ccc2c(c1)N(CC1CCOCC1)CCS2. The topological polar surface area (TPSA) is 38.5 Å². The second kappa shape index (κ2) is 5.41. The standard InChI is InChI=1S/C14H20N2OS/c15-12-1-2-14-13(9-12)16(5-8-18-14)10-11-3-6-17-7-4-11/h1-2,9,11H,3-8,10,15H2. The van der Waals surface area contributed by atoms with Crippen molar-refractivity contribution in [3.05, 3.63) is 18.2 Å². The molecule has 0 aliphatic carbocycles. The molecule has 1 aromatic carbocycles. The van der Waals surface area contributed by atoms with Crippen molar-refractivity contribution in [3.8, 4) is 0 Å². The van der Waals surface area contributed by atoms with Crippen LogP contribution in [-0.4, -0.2) is 32.1 Å². The Balaban J connectivity index is 1.75. The second-order valence-electron chi connectivity index (χ2n) is 5.08. The Morgan fingerprint density at radius 1 is 1.33 bits per heavy atom. The Bertz CT molecular complexity index is 418. The van der Waals surface area contributed by atoms with Crippen LogP contribution in [0, 0.1) is 5.92 Å². The summed E-state index contributed by atoms with van der Waals surface area (Å²) in [6.45, 7) is 4.15. The molecule has 1 saturated heterocycles. The first-order chi connectivity index (χ1) is 8.83. The number of rotatable bonds is 2. The molecule has 0 aromatic heterocycles. The first-order valence-corrected chi connectivity index (χ1v) is 7.66. The van der Waals surface area contributed by atoms with Crippen LogP contribution in [0.2, 0.25) is 0 Å². The molecule has 3 nitrogen and oxygen atoms in total. The number of benzene rings is 1. The van der Waals surface area contributed by atoms with Gasteiger partial charge in [0.2, 0.25) is 0 Å². The van der Waals surface area contributed by atoms with Gasteiger partial charge in [-0.1, -0.05) is 0 Å². The van der Waals surface area contributed by atoms with E-state index < -0.39 is 0 Å². The van der Waals surface area contributed by atoms with Crippen LogP contribution in [-0.2, 0) is 4.74 Å². The van der Waals surface area contributed by atoms with E-state index in [0.29, 0.717) is 0 Å². The summed E-state index contributed by atoms with van der Waals surface area (Å²) in [7, 11) is 0. The Morgan fingerprint density at radius 3 is 3.00 bits per heavy atom. The van der Waals surface area contributed by atoms with Crippen LogP contribution in [0.5, 0.6) is 0 Å². The van der Waals surface area contributed by atoms with Crippen molar-refractivity contribution in [1.82, 2.24) is 0 Å². The third-order valence-electron chi connectivity index (χ3n) is 3.76. The summed E-state index contributed by atoms with van der Waals surface area (Å²) in [5, 5.41) is 0. The maximum atomic E-state index is 5.92. The van der Waals surface area contributed by atoms with Gasteiger partial charge in [-0.2, -0.15) is 0 Å². The van der Waals surface area contributed by atoms with E-state index >= 15 is 0 Å². The normalized spacial score (nSPS) is 20.8. The number of anilines is 2. The number of nitrogens with zero attached hydrogens (tertiary/aromatic N) is 1. The van der Waals surface area contributed by atoms with E-state index in [4.69, 9.17) is 10.5 Å². The van der Waals surface area contributed by atoms with Gasteiger partial charge in [0, 0.05) is 42.6 Å². The highest BCUT2D eigenvalue weighted by atomic mass is 32.2. The molecular weight excluding hydrogens is 244 g/mol. The molecule has 4 heteroatoms. The summed E-state index contributed by atoms with van der Waals surface area (Å²) in [5.41, 5.74) is 8.12. The Hall–Kier alpha value is -0.870. The maximum Gasteiger partial charge on any atom is 0.0525 e. The van der Waals surface area contributed by atoms with Crippen molar-refractivity contribution in [3.63, 3.8) is 0 Å². The number of ether oxygens (including phenoxy) is 1. The van der Waals surface area contributed by atoms with Gasteiger partial charge >= 0.3 is 0 Å². The van der Waals surface area contributed by atoms with Gasteiger partial charge in [0.1, 0.15) is 0 Å². The molecular formula is C14H20N2OS. The van der Waals surface area contributed by atoms with E-state index in [1.165, 1.54) is 29.2 Å². The van der Waals surface area contributed by atoms with Gasteiger partial charge < -0.3 is 15.4 Å². The van der Waals surface area contributed by atoms with E-state index in [1.54, 1.807) is 0 Å². The average Bonchev–Trinajstić information content (AvgIpc) is 2.41. The van der Waals surface area contributed by atoms with Crippen molar-refractivity contribution in [2.45, 2.75) is 17.7 Å². The molecule has 0 unspecified atom stereocenters. The Morgan fingerprint density at radius 2 is 2.17 bits per heavy atom. The molecule has 2 aliphatic rings. The summed E-state index contributed by atoms with van der Waals surface area (Å²) >= 11 is 1.94. The van der Waals surface area contributed by atoms with Gasteiger partial charge in [-0.25, -0.2) is 0 Å². The summed E-state index contributed by atoms with van der Waals surface area (Å²) < 4.78 is 5.43. The molecule has 98 valence electrons. The van der Waals surface area contributed by atoms with Crippen LogP contribution in [0.25, 0.3) is 0 Å². The van der Waals surface area contributed by atoms with Gasteiger partial charge in [0.15, 0.2) is 0 Å². The highest BCUT2D eigenvalue weighted by molar-refractivity contribution is 7.99. The molecule has 3 rings (SSSR count). The molecule has 1 aromatic rings. The molecule has 0 atom stereocenters. The van der Waals surface area contributed by atoms with Crippen LogP contribution >= 0.6 is 11.8 Å². The van der Waals surface area contributed by atoms with Crippen molar-refractivity contribution >= 4 is 23.1 Å². The lowest BCUT2D eigenvalue weighted by Crippen LogP contribution is -2.36. The summed E-state index contributed by atoms with van der Waals surface area (Å²) in [6, 6.07) is 6.29. The summed E-state index contributed by atoms with van der Waals surface area (Å²) in [5.74, 6) is 1.95. The highest BCUT2D eigenvalue weighted by Crippen LogP contribution is 2.36. The Kier molecular flexibility index (Phi) is 3.66. The van der Waals surface area contributed by atoms with E-state index in [2.05, 4.69) is 17.0 Å². The van der Waals surface area contributed by atoms with Gasteiger partial charge in [0.05, 0.1) is 5.69 Å². The quantitative estimate of drug-likeness (QED) is 0.833. The molecule has 1 fully saturated rings. The predicted molar refractivity (Wildman–Crippen MR) is 77.3 cm³/mol.